The first-order valence-electron chi connectivity index (χ1n) is 8.24. The summed E-state index contributed by atoms with van der Waals surface area (Å²) in [6.45, 7) is 5.00. The molecule has 1 aliphatic rings. The second kappa shape index (κ2) is 5.70. The number of nitrogens with one attached hydrogen (secondary N) is 1. The molecule has 1 aliphatic heterocycles. The first kappa shape index (κ1) is 14.8. The van der Waals surface area contributed by atoms with E-state index in [0.29, 0.717) is 13.1 Å². The van der Waals surface area contributed by atoms with Crippen molar-refractivity contribution >= 4 is 22.8 Å². The summed E-state index contributed by atoms with van der Waals surface area (Å²) in [6, 6.07) is 7.98. The number of carbonyl (C=O) groups is 1. The number of imidazole rings is 1. The van der Waals surface area contributed by atoms with Crippen molar-refractivity contribution in [2.75, 3.05) is 31.1 Å². The number of anilines is 1. The molecule has 0 bridgehead atoms. The molecule has 0 atom stereocenters. The van der Waals surface area contributed by atoms with E-state index in [1.54, 1.807) is 0 Å². The Morgan fingerprint density at radius 2 is 1.92 bits per heavy atom. The highest BCUT2D eigenvalue weighted by molar-refractivity contribution is 6.08. The van der Waals surface area contributed by atoms with Gasteiger partial charge >= 0.3 is 0 Å². The second-order valence-corrected chi connectivity index (χ2v) is 6.29. The lowest BCUT2D eigenvalue weighted by Gasteiger charge is -2.35. The quantitative estimate of drug-likeness (QED) is 0.786. The molecule has 0 aliphatic carbocycles. The number of hydrogen-bond donors (Lipinski definition) is 1. The van der Waals surface area contributed by atoms with Crippen LogP contribution in [0.15, 0.2) is 36.7 Å². The lowest BCUT2D eigenvalue weighted by atomic mass is 10.1. The summed E-state index contributed by atoms with van der Waals surface area (Å²) < 4.78 is 2.02. The Hall–Kier alpha value is -2.76. The Balaban J connectivity index is 1.54. The van der Waals surface area contributed by atoms with Crippen molar-refractivity contribution in [1.29, 1.82) is 0 Å². The predicted octanol–water partition coefficient (Wildman–Crippen LogP) is 2.17. The van der Waals surface area contributed by atoms with Gasteiger partial charge in [0.05, 0.1) is 5.56 Å². The maximum absolute atomic E-state index is 13.0. The van der Waals surface area contributed by atoms with Crippen molar-refractivity contribution in [3.8, 4) is 0 Å². The van der Waals surface area contributed by atoms with Crippen LogP contribution in [0, 0.1) is 6.92 Å². The third-order valence-corrected chi connectivity index (χ3v) is 4.75. The molecule has 6 heteroatoms. The Bertz CT molecular complexity index is 886. The minimum Gasteiger partial charge on any atom is -0.358 e. The smallest absolute Gasteiger partial charge is 0.256 e. The number of hydrogen-bond acceptors (Lipinski definition) is 3. The number of para-hydroxylation sites is 1. The molecule has 0 spiro atoms. The maximum atomic E-state index is 13.0. The fourth-order valence-electron chi connectivity index (χ4n) is 3.48. The van der Waals surface area contributed by atoms with E-state index in [0.717, 1.165) is 41.2 Å². The van der Waals surface area contributed by atoms with Crippen molar-refractivity contribution in [2.45, 2.75) is 6.92 Å². The van der Waals surface area contributed by atoms with Gasteiger partial charge in [-0.15, -0.1) is 0 Å². The number of benzene rings is 1. The van der Waals surface area contributed by atoms with Gasteiger partial charge < -0.3 is 19.4 Å². The topological polar surface area (TPSA) is 57.2 Å². The van der Waals surface area contributed by atoms with Crippen LogP contribution in [0.5, 0.6) is 0 Å². The molecular formula is C18H21N5O. The molecular weight excluding hydrogens is 302 g/mol. The molecule has 0 unspecified atom stereocenters. The molecule has 0 saturated carbocycles. The van der Waals surface area contributed by atoms with E-state index >= 15 is 0 Å². The molecule has 24 heavy (non-hydrogen) atoms. The minimum atomic E-state index is 0.115. The number of piperazine rings is 1. The van der Waals surface area contributed by atoms with Gasteiger partial charge in [-0.3, -0.25) is 4.79 Å². The zero-order chi connectivity index (χ0) is 16.7. The van der Waals surface area contributed by atoms with Crippen LogP contribution < -0.4 is 4.90 Å². The molecule has 1 N–H and O–H groups in total. The zero-order valence-corrected chi connectivity index (χ0v) is 14.0. The van der Waals surface area contributed by atoms with E-state index in [9.17, 15) is 4.79 Å². The summed E-state index contributed by atoms with van der Waals surface area (Å²) in [5.74, 6) is 1.08. The van der Waals surface area contributed by atoms with E-state index in [4.69, 9.17) is 0 Å². The normalized spacial score (nSPS) is 15.2. The van der Waals surface area contributed by atoms with Crippen LogP contribution in [0.2, 0.25) is 0 Å². The molecule has 0 radical (unpaired) electrons. The summed E-state index contributed by atoms with van der Waals surface area (Å²) in [7, 11) is 2.00. The third-order valence-electron chi connectivity index (χ3n) is 4.75. The standard InChI is InChI=1S/C18H21N5O/c1-13-16(14-5-3-4-6-15(14)20-13)17(24)22-9-11-23(12-10-22)18-19-7-8-21(18)2/h3-8,20H,9-12H2,1-2H3. The highest BCUT2D eigenvalue weighted by atomic mass is 16.2. The summed E-state index contributed by atoms with van der Waals surface area (Å²) >= 11 is 0. The molecule has 1 amide bonds. The maximum Gasteiger partial charge on any atom is 0.256 e. The Morgan fingerprint density at radius 1 is 1.17 bits per heavy atom. The van der Waals surface area contributed by atoms with Gasteiger partial charge in [0.1, 0.15) is 0 Å². The van der Waals surface area contributed by atoms with Gasteiger partial charge in [-0.1, -0.05) is 18.2 Å². The van der Waals surface area contributed by atoms with Crippen molar-refractivity contribution in [2.24, 2.45) is 7.05 Å². The Labute approximate surface area is 140 Å². The fraction of sp³-hybridized carbons (Fsp3) is 0.333. The predicted molar refractivity (Wildman–Crippen MR) is 94.4 cm³/mol. The largest absolute Gasteiger partial charge is 0.358 e. The number of rotatable bonds is 2. The van der Waals surface area contributed by atoms with Gasteiger partial charge in [-0.25, -0.2) is 4.98 Å². The van der Waals surface area contributed by atoms with E-state index in [1.165, 1.54) is 0 Å². The van der Waals surface area contributed by atoms with Gasteiger partial charge in [0.25, 0.3) is 5.91 Å². The number of carbonyl (C=O) groups excluding carboxylic acids is 1. The molecule has 3 aromatic rings. The van der Waals surface area contributed by atoms with Crippen LogP contribution in [0.25, 0.3) is 10.9 Å². The van der Waals surface area contributed by atoms with Gasteiger partial charge in [0.2, 0.25) is 5.95 Å². The monoisotopic (exact) mass is 323 g/mol. The average molecular weight is 323 g/mol. The molecule has 3 heterocycles. The summed E-state index contributed by atoms with van der Waals surface area (Å²) in [4.78, 5) is 24.9. The van der Waals surface area contributed by atoms with Gasteiger partial charge in [-0.2, -0.15) is 0 Å². The van der Waals surface area contributed by atoms with Crippen molar-refractivity contribution in [3.05, 3.63) is 47.9 Å². The van der Waals surface area contributed by atoms with E-state index in [1.807, 2.05) is 60.1 Å². The van der Waals surface area contributed by atoms with Crippen LogP contribution in [0.1, 0.15) is 16.1 Å². The lowest BCUT2D eigenvalue weighted by Crippen LogP contribution is -2.49. The number of fused-ring (bicyclic) bond motifs is 1. The summed E-state index contributed by atoms with van der Waals surface area (Å²) in [6.07, 6.45) is 3.75. The van der Waals surface area contributed by atoms with Crippen LogP contribution in [-0.4, -0.2) is 51.5 Å². The SMILES string of the molecule is Cc1[nH]c2ccccc2c1C(=O)N1CCN(c2nccn2C)CC1. The summed E-state index contributed by atoms with van der Waals surface area (Å²) in [5, 5.41) is 1.01. The van der Waals surface area contributed by atoms with Crippen LogP contribution in [-0.2, 0) is 7.05 Å². The molecule has 6 nitrogen and oxygen atoms in total. The number of nitrogens with zero attached hydrogens (tertiary/aromatic N) is 4. The Morgan fingerprint density at radius 3 is 2.62 bits per heavy atom. The van der Waals surface area contributed by atoms with Gasteiger partial charge in [0, 0.05) is 62.2 Å². The molecule has 2 aromatic heterocycles. The molecule has 1 saturated heterocycles. The second-order valence-electron chi connectivity index (χ2n) is 6.29. The first-order chi connectivity index (χ1) is 11.6. The molecule has 4 rings (SSSR count). The average Bonchev–Trinajstić information content (AvgIpc) is 3.16. The van der Waals surface area contributed by atoms with E-state index < -0.39 is 0 Å². The van der Waals surface area contributed by atoms with Gasteiger partial charge in [0.15, 0.2) is 0 Å². The van der Waals surface area contributed by atoms with E-state index in [-0.39, 0.29) is 5.91 Å². The lowest BCUT2D eigenvalue weighted by molar-refractivity contribution is 0.0747. The molecule has 1 aromatic carbocycles. The van der Waals surface area contributed by atoms with Crippen LogP contribution in [0.3, 0.4) is 0 Å². The van der Waals surface area contributed by atoms with Crippen LogP contribution in [0.4, 0.5) is 5.95 Å². The molecule has 124 valence electrons. The number of H-pyrrole nitrogens is 1. The molecule has 1 fully saturated rings. The first-order valence-corrected chi connectivity index (χ1v) is 8.24. The van der Waals surface area contributed by atoms with Crippen molar-refractivity contribution in [3.63, 3.8) is 0 Å². The van der Waals surface area contributed by atoms with Gasteiger partial charge in [-0.05, 0) is 13.0 Å². The number of aromatic amines is 1. The minimum absolute atomic E-state index is 0.115. The number of amides is 1. The highest BCUT2D eigenvalue weighted by Gasteiger charge is 2.26. The third kappa shape index (κ3) is 2.35. The van der Waals surface area contributed by atoms with Crippen molar-refractivity contribution < 1.29 is 4.79 Å². The number of aromatic nitrogens is 3. The fourth-order valence-corrected chi connectivity index (χ4v) is 3.48. The zero-order valence-electron chi connectivity index (χ0n) is 14.0. The van der Waals surface area contributed by atoms with E-state index in [2.05, 4.69) is 14.9 Å². The Kier molecular flexibility index (Phi) is 3.52. The highest BCUT2D eigenvalue weighted by Crippen LogP contribution is 2.24. The van der Waals surface area contributed by atoms with Crippen LogP contribution >= 0.6 is 0 Å². The number of aryl methyl sites for hydroxylation is 2. The summed E-state index contributed by atoms with van der Waals surface area (Å²) in [5.41, 5.74) is 2.76. The van der Waals surface area contributed by atoms with Crippen molar-refractivity contribution in [1.82, 2.24) is 19.4 Å².